The summed E-state index contributed by atoms with van der Waals surface area (Å²) in [7, 11) is 0. The molecule has 2 nitrogen and oxygen atoms in total. The van der Waals surface area contributed by atoms with Crippen molar-refractivity contribution in [3.8, 4) is 0 Å². The van der Waals surface area contributed by atoms with Crippen LogP contribution in [-0.4, -0.2) is 5.97 Å². The molecule has 0 aliphatic heterocycles. The summed E-state index contributed by atoms with van der Waals surface area (Å²) in [6, 6.07) is 9.70. The highest BCUT2D eigenvalue weighted by Gasteiger charge is 2.03. The Hall–Kier alpha value is -1.57. The highest BCUT2D eigenvalue weighted by atomic mass is 16.5. The normalized spacial score (nSPS) is 11.5. The van der Waals surface area contributed by atoms with Crippen LogP contribution < -0.4 is 0 Å². The fourth-order valence-electron chi connectivity index (χ4n) is 2.39. The number of ether oxygens (including phenoxy) is 1. The fourth-order valence-corrected chi connectivity index (χ4v) is 2.39. The lowest BCUT2D eigenvalue weighted by atomic mass is 10.1. The number of hydrogen-bond donors (Lipinski definition) is 0. The van der Waals surface area contributed by atoms with E-state index in [-0.39, 0.29) is 5.97 Å². The molecule has 122 valence electrons. The lowest BCUT2D eigenvalue weighted by Crippen LogP contribution is -2.04. The standard InChI is InChI=1S/C20H30O2/c1-3-4-5-6-7-8-10-13-18(2)17-22-20(21)16-19-14-11-9-12-15-19/h9,11-12,14-15,17H,3-8,10,13,16H2,1-2H3. The largest absolute Gasteiger partial charge is 0.434 e. The molecule has 0 unspecified atom stereocenters. The maximum Gasteiger partial charge on any atom is 0.315 e. The first-order valence-electron chi connectivity index (χ1n) is 8.61. The second kappa shape index (κ2) is 12.0. The van der Waals surface area contributed by atoms with Gasteiger partial charge in [-0.1, -0.05) is 75.8 Å². The predicted molar refractivity (Wildman–Crippen MR) is 92.6 cm³/mol. The van der Waals surface area contributed by atoms with Crippen LogP contribution in [0.5, 0.6) is 0 Å². The number of carbonyl (C=O) groups excluding carboxylic acids is 1. The molecule has 0 N–H and O–H groups in total. The van der Waals surface area contributed by atoms with Gasteiger partial charge >= 0.3 is 5.97 Å². The molecule has 0 amide bonds. The maximum absolute atomic E-state index is 11.7. The van der Waals surface area contributed by atoms with Crippen molar-refractivity contribution in [2.75, 3.05) is 0 Å². The summed E-state index contributed by atoms with van der Waals surface area (Å²) in [4.78, 5) is 11.7. The molecule has 0 atom stereocenters. The average Bonchev–Trinajstić information content (AvgIpc) is 2.53. The minimum atomic E-state index is -0.190. The number of unbranched alkanes of at least 4 members (excludes halogenated alkanes) is 6. The molecular weight excluding hydrogens is 272 g/mol. The number of allylic oxidation sites excluding steroid dienone is 1. The van der Waals surface area contributed by atoms with Gasteiger partial charge in [-0.25, -0.2) is 0 Å². The van der Waals surface area contributed by atoms with Gasteiger partial charge in [0, 0.05) is 0 Å². The van der Waals surface area contributed by atoms with Gasteiger partial charge in [-0.3, -0.25) is 4.79 Å². The summed E-state index contributed by atoms with van der Waals surface area (Å²) in [6.07, 6.45) is 12.1. The van der Waals surface area contributed by atoms with Crippen LogP contribution in [0.25, 0.3) is 0 Å². The van der Waals surface area contributed by atoms with Crippen molar-refractivity contribution in [1.29, 1.82) is 0 Å². The van der Waals surface area contributed by atoms with Gasteiger partial charge in [0.1, 0.15) is 0 Å². The molecule has 0 heterocycles. The highest BCUT2D eigenvalue weighted by Crippen LogP contribution is 2.12. The molecule has 2 heteroatoms. The maximum atomic E-state index is 11.7. The van der Waals surface area contributed by atoms with E-state index in [1.54, 1.807) is 6.26 Å². The SMILES string of the molecule is CCCCCCCCCC(C)=COC(=O)Cc1ccccc1. The van der Waals surface area contributed by atoms with Crippen LogP contribution in [0, 0.1) is 0 Å². The number of hydrogen-bond acceptors (Lipinski definition) is 2. The number of rotatable bonds is 11. The Kier molecular flexibility index (Phi) is 10.1. The Balaban J connectivity index is 2.10. The molecule has 0 saturated heterocycles. The van der Waals surface area contributed by atoms with Crippen molar-refractivity contribution in [3.63, 3.8) is 0 Å². The minimum Gasteiger partial charge on any atom is -0.434 e. The summed E-state index contributed by atoms with van der Waals surface area (Å²) >= 11 is 0. The summed E-state index contributed by atoms with van der Waals surface area (Å²) < 4.78 is 5.22. The zero-order valence-electron chi connectivity index (χ0n) is 14.1. The second-order valence-electron chi connectivity index (χ2n) is 5.99. The molecule has 1 rings (SSSR count). The molecule has 22 heavy (non-hydrogen) atoms. The molecule has 0 aliphatic rings. The minimum absolute atomic E-state index is 0.190. The molecule has 0 spiro atoms. The number of carbonyl (C=O) groups is 1. The topological polar surface area (TPSA) is 26.3 Å². The van der Waals surface area contributed by atoms with E-state index < -0.39 is 0 Å². The van der Waals surface area contributed by atoms with Crippen LogP contribution >= 0.6 is 0 Å². The zero-order chi connectivity index (χ0) is 16.0. The molecular formula is C20H30O2. The molecule has 0 saturated carbocycles. The predicted octanol–water partition coefficient (Wildman–Crippen LogP) is 5.82. The third kappa shape index (κ3) is 9.38. The lowest BCUT2D eigenvalue weighted by Gasteiger charge is -2.04. The van der Waals surface area contributed by atoms with E-state index in [0.29, 0.717) is 6.42 Å². The summed E-state index contributed by atoms with van der Waals surface area (Å²) in [5, 5.41) is 0. The molecule has 0 bridgehead atoms. The average molecular weight is 302 g/mol. The van der Waals surface area contributed by atoms with E-state index in [9.17, 15) is 4.79 Å². The summed E-state index contributed by atoms with van der Waals surface area (Å²) in [6.45, 7) is 4.28. The number of benzene rings is 1. The van der Waals surface area contributed by atoms with Crippen LogP contribution in [0.2, 0.25) is 0 Å². The summed E-state index contributed by atoms with van der Waals surface area (Å²) in [5.41, 5.74) is 2.14. The smallest absolute Gasteiger partial charge is 0.315 e. The molecule has 1 aromatic carbocycles. The third-order valence-corrected chi connectivity index (χ3v) is 3.76. The number of esters is 1. The van der Waals surface area contributed by atoms with Gasteiger partial charge in [0.15, 0.2) is 0 Å². The van der Waals surface area contributed by atoms with Crippen LogP contribution in [0.4, 0.5) is 0 Å². The Morgan fingerprint density at radius 3 is 2.32 bits per heavy atom. The highest BCUT2D eigenvalue weighted by molar-refractivity contribution is 5.73. The van der Waals surface area contributed by atoms with Crippen molar-refractivity contribution >= 4 is 5.97 Å². The van der Waals surface area contributed by atoms with E-state index in [1.165, 1.54) is 44.9 Å². The van der Waals surface area contributed by atoms with Crippen LogP contribution in [0.1, 0.15) is 70.8 Å². The first kappa shape index (κ1) is 18.5. The zero-order valence-corrected chi connectivity index (χ0v) is 14.1. The van der Waals surface area contributed by atoms with E-state index in [1.807, 2.05) is 37.3 Å². The van der Waals surface area contributed by atoms with Gasteiger partial charge in [0.25, 0.3) is 0 Å². The molecule has 0 radical (unpaired) electrons. The lowest BCUT2D eigenvalue weighted by molar-refractivity contribution is -0.137. The molecule has 1 aromatic rings. The Labute approximate surface area is 135 Å². The van der Waals surface area contributed by atoms with Gasteiger partial charge in [0.05, 0.1) is 12.7 Å². The quantitative estimate of drug-likeness (QED) is 0.292. The van der Waals surface area contributed by atoms with E-state index >= 15 is 0 Å². The van der Waals surface area contributed by atoms with Gasteiger partial charge in [-0.15, -0.1) is 0 Å². The Morgan fingerprint density at radius 1 is 1.00 bits per heavy atom. The van der Waals surface area contributed by atoms with E-state index in [0.717, 1.165) is 17.6 Å². The first-order chi connectivity index (χ1) is 10.7. The first-order valence-corrected chi connectivity index (χ1v) is 8.61. The monoisotopic (exact) mass is 302 g/mol. The van der Waals surface area contributed by atoms with E-state index in [4.69, 9.17) is 4.74 Å². The third-order valence-electron chi connectivity index (χ3n) is 3.76. The van der Waals surface area contributed by atoms with Crippen LogP contribution in [-0.2, 0) is 16.0 Å². The molecule has 0 fully saturated rings. The van der Waals surface area contributed by atoms with Crippen molar-refractivity contribution < 1.29 is 9.53 Å². The fraction of sp³-hybridized carbons (Fsp3) is 0.550. The second-order valence-corrected chi connectivity index (χ2v) is 5.99. The Morgan fingerprint density at radius 2 is 1.64 bits per heavy atom. The summed E-state index contributed by atoms with van der Waals surface area (Å²) in [5.74, 6) is -0.190. The van der Waals surface area contributed by atoms with Crippen molar-refractivity contribution in [1.82, 2.24) is 0 Å². The van der Waals surface area contributed by atoms with Gasteiger partial charge in [-0.05, 0) is 30.9 Å². The van der Waals surface area contributed by atoms with Crippen LogP contribution in [0.15, 0.2) is 42.2 Å². The van der Waals surface area contributed by atoms with E-state index in [2.05, 4.69) is 6.92 Å². The van der Waals surface area contributed by atoms with Gasteiger partial charge in [0.2, 0.25) is 0 Å². The van der Waals surface area contributed by atoms with Gasteiger partial charge in [-0.2, -0.15) is 0 Å². The Bertz CT molecular complexity index is 434. The molecule has 0 aromatic heterocycles. The van der Waals surface area contributed by atoms with Crippen molar-refractivity contribution in [3.05, 3.63) is 47.7 Å². The van der Waals surface area contributed by atoms with Gasteiger partial charge < -0.3 is 4.74 Å². The molecule has 0 aliphatic carbocycles. The van der Waals surface area contributed by atoms with Crippen molar-refractivity contribution in [2.24, 2.45) is 0 Å². The van der Waals surface area contributed by atoms with Crippen molar-refractivity contribution in [2.45, 2.75) is 71.6 Å². The van der Waals surface area contributed by atoms with Crippen LogP contribution in [0.3, 0.4) is 0 Å².